The van der Waals surface area contributed by atoms with E-state index >= 15 is 0 Å². The van der Waals surface area contributed by atoms with Gasteiger partial charge in [-0.05, 0) is 30.0 Å². The third-order valence-electron chi connectivity index (χ3n) is 4.25. The molecule has 0 aliphatic rings. The van der Waals surface area contributed by atoms with Crippen molar-refractivity contribution >= 4 is 44.5 Å². The maximum Gasteiger partial charge on any atom is 0.262 e. The molecule has 1 aromatic carbocycles. The summed E-state index contributed by atoms with van der Waals surface area (Å²) in [5.74, 6) is 1.13. The normalized spacial score (nSPS) is 11.6. The predicted octanol–water partition coefficient (Wildman–Crippen LogP) is 4.04. The zero-order chi connectivity index (χ0) is 21.6. The van der Waals surface area contributed by atoms with Crippen molar-refractivity contribution in [3.63, 3.8) is 0 Å². The number of nitrogens with zero attached hydrogens (tertiary/aromatic N) is 3. The lowest BCUT2D eigenvalue weighted by Gasteiger charge is -2.26. The molecule has 1 amide bonds. The molecule has 0 radical (unpaired) electrons. The molecule has 2 aromatic rings. The Labute approximate surface area is 185 Å². The minimum Gasteiger partial charge on any atom is -0.383 e. The van der Waals surface area contributed by atoms with E-state index in [0.29, 0.717) is 41.0 Å². The van der Waals surface area contributed by atoms with E-state index in [1.807, 2.05) is 17.0 Å². The number of halogens is 1. The van der Waals surface area contributed by atoms with Gasteiger partial charge in [-0.1, -0.05) is 55.4 Å². The molecule has 0 atom stereocenters. The van der Waals surface area contributed by atoms with Crippen LogP contribution in [0.5, 0.6) is 0 Å². The summed E-state index contributed by atoms with van der Waals surface area (Å²) >= 11 is 4.73. The third-order valence-corrected chi connectivity index (χ3v) is 5.70. The Bertz CT molecular complexity index is 889. The van der Waals surface area contributed by atoms with Crippen molar-refractivity contribution in [3.8, 4) is 0 Å². The summed E-state index contributed by atoms with van der Waals surface area (Å²) < 4.78 is 7.59. The quantitative estimate of drug-likeness (QED) is 0.376. The van der Waals surface area contributed by atoms with Crippen molar-refractivity contribution in [2.24, 2.45) is 11.8 Å². The van der Waals surface area contributed by atoms with Gasteiger partial charge in [-0.25, -0.2) is 4.98 Å². The lowest BCUT2D eigenvalue weighted by Crippen LogP contribution is -2.38. The van der Waals surface area contributed by atoms with Crippen molar-refractivity contribution in [3.05, 3.63) is 33.0 Å². The zero-order valence-electron chi connectivity index (χ0n) is 17.8. The molecule has 0 saturated heterocycles. The Balaban J connectivity index is 2.30. The molecule has 0 spiro atoms. The smallest absolute Gasteiger partial charge is 0.262 e. The van der Waals surface area contributed by atoms with Crippen molar-refractivity contribution in [1.29, 1.82) is 0 Å². The van der Waals surface area contributed by atoms with Gasteiger partial charge in [0, 0.05) is 24.7 Å². The highest BCUT2D eigenvalue weighted by atomic mass is 79.9. The largest absolute Gasteiger partial charge is 0.383 e. The van der Waals surface area contributed by atoms with Crippen LogP contribution in [0.25, 0.3) is 10.9 Å². The predicted molar refractivity (Wildman–Crippen MR) is 123 cm³/mol. The number of methoxy groups -OCH3 is 1. The molecule has 1 heterocycles. The molecule has 0 fully saturated rings. The number of aromatic nitrogens is 2. The summed E-state index contributed by atoms with van der Waals surface area (Å²) in [6.07, 6.45) is 0. The molecular weight excluding hydrogens is 454 g/mol. The van der Waals surface area contributed by atoms with E-state index in [1.54, 1.807) is 17.7 Å². The fraction of sp³-hybridized carbons (Fsp3) is 0.571. The number of fused-ring (bicyclic) bond motifs is 1. The summed E-state index contributed by atoms with van der Waals surface area (Å²) in [5, 5.41) is 1.09. The summed E-state index contributed by atoms with van der Waals surface area (Å²) in [7, 11) is 1.60. The van der Waals surface area contributed by atoms with Gasteiger partial charge in [0.2, 0.25) is 5.91 Å². The molecular formula is C21H30BrN3O3S. The van der Waals surface area contributed by atoms with E-state index in [4.69, 9.17) is 4.74 Å². The van der Waals surface area contributed by atoms with E-state index < -0.39 is 0 Å². The molecule has 29 heavy (non-hydrogen) atoms. The van der Waals surface area contributed by atoms with Gasteiger partial charge in [0.05, 0.1) is 29.8 Å². The van der Waals surface area contributed by atoms with E-state index in [2.05, 4.69) is 48.6 Å². The number of benzene rings is 1. The van der Waals surface area contributed by atoms with Gasteiger partial charge in [0.1, 0.15) is 0 Å². The minimum atomic E-state index is -0.121. The zero-order valence-corrected chi connectivity index (χ0v) is 20.2. The molecule has 0 N–H and O–H groups in total. The second-order valence-corrected chi connectivity index (χ2v) is 9.74. The average molecular weight is 484 g/mol. The number of ether oxygens (including phenoxy) is 1. The molecule has 160 valence electrons. The lowest BCUT2D eigenvalue weighted by atomic mass is 10.1. The van der Waals surface area contributed by atoms with Crippen LogP contribution in [0.15, 0.2) is 32.6 Å². The second-order valence-electron chi connectivity index (χ2n) is 7.88. The van der Waals surface area contributed by atoms with Crippen LogP contribution in [0.4, 0.5) is 0 Å². The Morgan fingerprint density at radius 1 is 1.24 bits per heavy atom. The highest BCUT2D eigenvalue weighted by Gasteiger charge is 2.19. The van der Waals surface area contributed by atoms with Crippen LogP contribution in [0.2, 0.25) is 0 Å². The van der Waals surface area contributed by atoms with Crippen molar-refractivity contribution in [2.75, 3.05) is 32.6 Å². The molecule has 0 bridgehead atoms. The summed E-state index contributed by atoms with van der Waals surface area (Å²) in [5.41, 5.74) is 0.507. The first-order valence-corrected chi connectivity index (χ1v) is 11.6. The Morgan fingerprint density at radius 3 is 2.48 bits per heavy atom. The fourth-order valence-corrected chi connectivity index (χ4v) is 4.33. The van der Waals surface area contributed by atoms with Crippen LogP contribution >= 0.6 is 27.7 Å². The van der Waals surface area contributed by atoms with Crippen molar-refractivity contribution in [1.82, 2.24) is 14.5 Å². The highest BCUT2D eigenvalue weighted by molar-refractivity contribution is 9.10. The van der Waals surface area contributed by atoms with Crippen molar-refractivity contribution in [2.45, 2.75) is 39.4 Å². The maximum atomic E-state index is 13.0. The van der Waals surface area contributed by atoms with Crippen LogP contribution in [0, 0.1) is 11.8 Å². The number of rotatable bonds is 10. The van der Waals surface area contributed by atoms with Gasteiger partial charge in [0.25, 0.3) is 5.56 Å². The van der Waals surface area contributed by atoms with Crippen LogP contribution in [-0.4, -0.2) is 52.9 Å². The lowest BCUT2D eigenvalue weighted by molar-refractivity contribution is -0.129. The van der Waals surface area contributed by atoms with Gasteiger partial charge >= 0.3 is 0 Å². The first-order chi connectivity index (χ1) is 13.7. The molecule has 0 aliphatic heterocycles. The fourth-order valence-electron chi connectivity index (χ4n) is 3.04. The number of thioether (sulfide) groups is 1. The van der Waals surface area contributed by atoms with Crippen LogP contribution in [-0.2, 0) is 16.1 Å². The topological polar surface area (TPSA) is 64.4 Å². The van der Waals surface area contributed by atoms with Gasteiger partial charge in [-0.15, -0.1) is 0 Å². The van der Waals surface area contributed by atoms with Gasteiger partial charge in [0.15, 0.2) is 5.16 Å². The Hall–Kier alpha value is -1.38. The molecule has 0 aliphatic carbocycles. The molecule has 2 rings (SSSR count). The Morgan fingerprint density at radius 2 is 1.90 bits per heavy atom. The molecule has 8 heteroatoms. The minimum absolute atomic E-state index is 0.0702. The summed E-state index contributed by atoms with van der Waals surface area (Å²) in [6, 6.07) is 5.46. The van der Waals surface area contributed by atoms with E-state index in [1.165, 1.54) is 11.8 Å². The number of carbonyl (C=O) groups is 1. The molecule has 6 nitrogen and oxygen atoms in total. The van der Waals surface area contributed by atoms with Gasteiger partial charge in [-0.3, -0.25) is 14.2 Å². The second kappa shape index (κ2) is 11.1. The van der Waals surface area contributed by atoms with E-state index in [0.717, 1.165) is 17.6 Å². The van der Waals surface area contributed by atoms with Crippen molar-refractivity contribution < 1.29 is 9.53 Å². The van der Waals surface area contributed by atoms with E-state index in [-0.39, 0.29) is 17.2 Å². The first kappa shape index (κ1) is 23.9. The first-order valence-electron chi connectivity index (χ1n) is 9.82. The van der Waals surface area contributed by atoms with Crippen LogP contribution < -0.4 is 5.56 Å². The third kappa shape index (κ3) is 6.83. The summed E-state index contributed by atoms with van der Waals surface area (Å²) in [4.78, 5) is 32.5. The van der Waals surface area contributed by atoms with Gasteiger partial charge < -0.3 is 9.64 Å². The molecule has 0 unspecified atom stereocenters. The average Bonchev–Trinajstić information content (AvgIpc) is 2.64. The summed E-state index contributed by atoms with van der Waals surface area (Å²) in [6.45, 7) is 10.7. The van der Waals surface area contributed by atoms with Crippen LogP contribution in [0.3, 0.4) is 0 Å². The number of hydrogen-bond donors (Lipinski definition) is 0. The number of amides is 1. The Kier molecular flexibility index (Phi) is 9.17. The van der Waals surface area contributed by atoms with E-state index in [9.17, 15) is 9.59 Å². The molecule has 0 saturated carbocycles. The standard InChI is InChI=1S/C21H30BrN3O3S/c1-14(2)11-24(12-15(3)4)19(26)13-29-21-23-18-7-6-16(22)10-17(18)20(27)25(21)8-9-28-5/h6-7,10,14-15H,8-9,11-13H2,1-5H3. The number of hydrogen-bond acceptors (Lipinski definition) is 5. The highest BCUT2D eigenvalue weighted by Crippen LogP contribution is 2.21. The SMILES string of the molecule is COCCn1c(SCC(=O)N(CC(C)C)CC(C)C)nc2ccc(Br)cc2c1=O. The molecule has 1 aromatic heterocycles. The maximum absolute atomic E-state index is 13.0. The number of carbonyl (C=O) groups excluding carboxylic acids is 1. The van der Waals surface area contributed by atoms with Gasteiger partial charge in [-0.2, -0.15) is 0 Å². The van der Waals surface area contributed by atoms with Crippen LogP contribution in [0.1, 0.15) is 27.7 Å². The monoisotopic (exact) mass is 483 g/mol.